The second kappa shape index (κ2) is 6.99. The Morgan fingerprint density at radius 3 is 2.28 bits per heavy atom. The van der Waals surface area contributed by atoms with Crippen molar-refractivity contribution < 1.29 is 9.66 Å². The van der Waals surface area contributed by atoms with Crippen LogP contribution in [0.5, 0.6) is 0 Å². The van der Waals surface area contributed by atoms with E-state index in [4.69, 9.17) is 10.5 Å². The summed E-state index contributed by atoms with van der Waals surface area (Å²) in [7, 11) is 0. The first-order valence-electron chi connectivity index (χ1n) is 8.82. The van der Waals surface area contributed by atoms with Crippen molar-refractivity contribution in [2.75, 3.05) is 41.7 Å². The molecule has 0 radical (unpaired) electrons. The summed E-state index contributed by atoms with van der Waals surface area (Å²) in [6.07, 6.45) is 2.07. The number of morpholine rings is 1. The van der Waals surface area contributed by atoms with Gasteiger partial charge in [0.2, 0.25) is 17.6 Å². The highest BCUT2D eigenvalue weighted by molar-refractivity contribution is 5.71. The number of nitrogens with zero attached hydrogens (tertiary/aromatic N) is 5. The van der Waals surface area contributed by atoms with Crippen molar-refractivity contribution in [3.63, 3.8) is 0 Å². The number of nitrogens with two attached hydrogens (primary N) is 1. The zero-order chi connectivity index (χ0) is 18.1. The molecule has 0 aromatic carbocycles. The van der Waals surface area contributed by atoms with Gasteiger partial charge in [-0.15, -0.1) is 0 Å². The van der Waals surface area contributed by atoms with E-state index in [9.17, 15) is 10.1 Å². The number of ether oxygens (including phenoxy) is 1. The zero-order valence-corrected chi connectivity index (χ0v) is 15.0. The second-order valence-corrected chi connectivity index (χ2v) is 7.17. The summed E-state index contributed by atoms with van der Waals surface area (Å²) in [5.41, 5.74) is 5.77. The Labute approximate surface area is 147 Å². The topological polar surface area (TPSA) is 111 Å². The van der Waals surface area contributed by atoms with Gasteiger partial charge in [-0.1, -0.05) is 6.92 Å². The number of nitro groups is 1. The molecule has 2 aliphatic rings. The van der Waals surface area contributed by atoms with Crippen molar-refractivity contribution >= 4 is 23.3 Å². The molecule has 138 valence electrons. The molecular weight excluding hydrogens is 324 g/mol. The first-order valence-corrected chi connectivity index (χ1v) is 8.82. The molecular formula is C16H26N6O3. The third kappa shape index (κ3) is 3.76. The number of hydrogen-bond donors (Lipinski definition) is 1. The Bertz CT molecular complexity index is 637. The summed E-state index contributed by atoms with van der Waals surface area (Å²) < 4.78 is 5.74. The molecule has 2 atom stereocenters. The number of hydrogen-bond acceptors (Lipinski definition) is 8. The largest absolute Gasteiger partial charge is 0.378 e. The van der Waals surface area contributed by atoms with Crippen LogP contribution in [0.2, 0.25) is 0 Å². The lowest BCUT2D eigenvalue weighted by Crippen LogP contribution is -2.46. The molecule has 9 nitrogen and oxygen atoms in total. The molecule has 0 amide bonds. The third-order valence-electron chi connectivity index (χ3n) is 4.85. The van der Waals surface area contributed by atoms with Crippen LogP contribution >= 0.6 is 0 Å². The Hall–Kier alpha value is -2.16. The van der Waals surface area contributed by atoms with Crippen LogP contribution in [-0.4, -0.2) is 53.3 Å². The zero-order valence-electron chi connectivity index (χ0n) is 15.0. The lowest BCUT2D eigenvalue weighted by molar-refractivity contribution is -0.383. The maximum Gasteiger partial charge on any atom is 0.353 e. The smallest absolute Gasteiger partial charge is 0.353 e. The van der Waals surface area contributed by atoms with E-state index in [1.807, 2.05) is 23.6 Å². The number of anilines is 3. The van der Waals surface area contributed by atoms with Gasteiger partial charge in [-0.05, 0) is 32.6 Å². The summed E-state index contributed by atoms with van der Waals surface area (Å²) in [4.78, 5) is 23.8. The molecule has 2 aliphatic heterocycles. The van der Waals surface area contributed by atoms with Crippen molar-refractivity contribution in [2.45, 2.75) is 45.8 Å². The van der Waals surface area contributed by atoms with E-state index in [1.165, 1.54) is 0 Å². The highest BCUT2D eigenvalue weighted by Crippen LogP contribution is 2.35. The number of nitrogen functional groups attached to an aromatic ring is 1. The summed E-state index contributed by atoms with van der Waals surface area (Å²) in [5, 5.41) is 11.5. The Balaban J connectivity index is 1.97. The van der Waals surface area contributed by atoms with E-state index in [-0.39, 0.29) is 23.7 Å². The van der Waals surface area contributed by atoms with Gasteiger partial charge >= 0.3 is 5.69 Å². The molecule has 3 heterocycles. The average molecular weight is 350 g/mol. The average Bonchev–Trinajstić information content (AvgIpc) is 2.53. The van der Waals surface area contributed by atoms with Gasteiger partial charge in [0, 0.05) is 26.2 Å². The normalized spacial score (nSPS) is 25.2. The standard InChI is InChI=1S/C16H26N6O3/c1-10-4-6-20(7-5-10)15-13(22(23)24)14(17)18-16(19-15)21-8-11(2)25-12(3)9-21/h10-12H,4-9H2,1-3H3,(H2,17,18,19). The molecule has 0 saturated carbocycles. The van der Waals surface area contributed by atoms with Gasteiger partial charge < -0.3 is 20.3 Å². The van der Waals surface area contributed by atoms with Crippen molar-refractivity contribution in [2.24, 2.45) is 5.92 Å². The molecule has 0 spiro atoms. The Morgan fingerprint density at radius 2 is 1.72 bits per heavy atom. The molecule has 3 rings (SSSR count). The van der Waals surface area contributed by atoms with Crippen LogP contribution in [0.15, 0.2) is 0 Å². The molecule has 1 aromatic rings. The van der Waals surface area contributed by atoms with E-state index >= 15 is 0 Å². The minimum Gasteiger partial charge on any atom is -0.378 e. The fraction of sp³-hybridized carbons (Fsp3) is 0.750. The molecule has 0 bridgehead atoms. The highest BCUT2D eigenvalue weighted by atomic mass is 16.6. The van der Waals surface area contributed by atoms with Crippen molar-refractivity contribution in [3.05, 3.63) is 10.1 Å². The van der Waals surface area contributed by atoms with Crippen molar-refractivity contribution in [1.82, 2.24) is 9.97 Å². The summed E-state index contributed by atoms with van der Waals surface area (Å²) in [6, 6.07) is 0. The van der Waals surface area contributed by atoms with Gasteiger partial charge in [0.1, 0.15) is 0 Å². The lowest BCUT2D eigenvalue weighted by Gasteiger charge is -2.36. The summed E-state index contributed by atoms with van der Waals surface area (Å²) >= 11 is 0. The van der Waals surface area contributed by atoms with E-state index in [0.717, 1.165) is 25.9 Å². The minimum absolute atomic E-state index is 0.0445. The van der Waals surface area contributed by atoms with Gasteiger partial charge in [-0.3, -0.25) is 10.1 Å². The summed E-state index contributed by atoms with van der Waals surface area (Å²) in [6.45, 7) is 8.94. The van der Waals surface area contributed by atoms with Crippen molar-refractivity contribution in [3.8, 4) is 0 Å². The lowest BCUT2D eigenvalue weighted by atomic mass is 9.99. The molecule has 1 aromatic heterocycles. The Kier molecular flexibility index (Phi) is 4.94. The van der Waals surface area contributed by atoms with Crippen LogP contribution in [0, 0.1) is 16.0 Å². The molecule has 0 aliphatic carbocycles. The monoisotopic (exact) mass is 350 g/mol. The molecule has 25 heavy (non-hydrogen) atoms. The van der Waals surface area contributed by atoms with Crippen molar-refractivity contribution in [1.29, 1.82) is 0 Å². The van der Waals surface area contributed by atoms with Crippen LogP contribution in [0.4, 0.5) is 23.3 Å². The number of rotatable bonds is 3. The minimum atomic E-state index is -0.475. The molecule has 2 saturated heterocycles. The maximum atomic E-state index is 11.5. The van der Waals surface area contributed by atoms with Crippen LogP contribution in [0.3, 0.4) is 0 Å². The fourth-order valence-corrected chi connectivity index (χ4v) is 3.55. The second-order valence-electron chi connectivity index (χ2n) is 7.17. The molecule has 9 heteroatoms. The van der Waals surface area contributed by atoms with E-state index < -0.39 is 4.92 Å². The van der Waals surface area contributed by atoms with Gasteiger partial charge in [0.15, 0.2) is 0 Å². The van der Waals surface area contributed by atoms with Crippen LogP contribution in [0.25, 0.3) is 0 Å². The first-order chi connectivity index (χ1) is 11.8. The summed E-state index contributed by atoms with van der Waals surface area (Å²) in [5.74, 6) is 1.33. The predicted molar refractivity (Wildman–Crippen MR) is 95.9 cm³/mol. The maximum absolute atomic E-state index is 11.5. The van der Waals surface area contributed by atoms with Gasteiger partial charge in [-0.25, -0.2) is 0 Å². The Morgan fingerprint density at radius 1 is 1.12 bits per heavy atom. The quantitative estimate of drug-likeness (QED) is 0.649. The van der Waals surface area contributed by atoms with Gasteiger partial charge in [0.05, 0.1) is 17.1 Å². The van der Waals surface area contributed by atoms with Crippen LogP contribution < -0.4 is 15.5 Å². The van der Waals surface area contributed by atoms with E-state index in [0.29, 0.717) is 30.8 Å². The van der Waals surface area contributed by atoms with Gasteiger partial charge in [0.25, 0.3) is 0 Å². The molecule has 2 unspecified atom stereocenters. The predicted octanol–water partition coefficient (Wildman–Crippen LogP) is 1.82. The van der Waals surface area contributed by atoms with Gasteiger partial charge in [-0.2, -0.15) is 9.97 Å². The molecule has 2 N–H and O–H groups in total. The number of piperidine rings is 1. The highest BCUT2D eigenvalue weighted by Gasteiger charge is 2.32. The number of aromatic nitrogens is 2. The molecule has 2 fully saturated rings. The fourth-order valence-electron chi connectivity index (χ4n) is 3.55. The SMILES string of the molecule is CC1CCN(c2nc(N3CC(C)OC(C)C3)nc(N)c2[N+](=O)[O-])CC1. The first kappa shape index (κ1) is 17.7. The van der Waals surface area contributed by atoms with Crippen LogP contribution in [-0.2, 0) is 4.74 Å². The van der Waals surface area contributed by atoms with E-state index in [1.54, 1.807) is 0 Å². The van der Waals surface area contributed by atoms with Crippen LogP contribution in [0.1, 0.15) is 33.6 Å². The van der Waals surface area contributed by atoms with E-state index in [2.05, 4.69) is 16.9 Å². The third-order valence-corrected chi connectivity index (χ3v) is 4.85.